The summed E-state index contributed by atoms with van der Waals surface area (Å²) in [4.78, 5) is 3.37. The van der Waals surface area contributed by atoms with Crippen molar-refractivity contribution in [3.05, 3.63) is 95.7 Å². The summed E-state index contributed by atoms with van der Waals surface area (Å²) in [6.07, 6.45) is -1.04. The van der Waals surface area contributed by atoms with Crippen LogP contribution in [-0.4, -0.2) is 29.8 Å². The first-order valence-corrected chi connectivity index (χ1v) is 12.2. The number of hydrogen-bond acceptors (Lipinski definition) is 5. The maximum absolute atomic E-state index is 13.4. The third-order valence-corrected chi connectivity index (χ3v) is 7.13. The number of hydrogen-bond donors (Lipinski definition) is 1. The number of anilines is 1. The van der Waals surface area contributed by atoms with Gasteiger partial charge in [0.15, 0.2) is 0 Å². The number of ether oxygens (including phenoxy) is 1. The van der Waals surface area contributed by atoms with Crippen LogP contribution >= 0.6 is 0 Å². The van der Waals surface area contributed by atoms with E-state index in [1.54, 1.807) is 18.3 Å². The minimum Gasteiger partial charge on any atom is -0.493 e. The van der Waals surface area contributed by atoms with E-state index in [0.717, 1.165) is 18.2 Å². The summed E-state index contributed by atoms with van der Waals surface area (Å²) in [5.74, 6) is -1.10. The van der Waals surface area contributed by atoms with Crippen LogP contribution in [-0.2, 0) is 16.2 Å². The molecule has 0 aliphatic carbocycles. The highest BCUT2D eigenvalue weighted by Crippen LogP contribution is 2.42. The van der Waals surface area contributed by atoms with E-state index >= 15 is 0 Å². The van der Waals surface area contributed by atoms with Gasteiger partial charge in [-0.15, -0.1) is 0 Å². The number of benzene rings is 2. The van der Waals surface area contributed by atoms with E-state index in [-0.39, 0.29) is 34.7 Å². The molecule has 3 heterocycles. The SMILES string of the molecule is O=S(=O)(Nc1cccc(F)n1)c1ccc2c(c1)OCCC2c1ccc(C(F)(F)F)cc1-n1cccn1. The summed E-state index contributed by atoms with van der Waals surface area (Å²) in [5.41, 5.74) is 0.678. The van der Waals surface area contributed by atoms with Gasteiger partial charge in [0.2, 0.25) is 5.95 Å². The number of aromatic nitrogens is 3. The molecule has 1 N–H and O–H groups in total. The average molecular weight is 518 g/mol. The third kappa shape index (κ3) is 4.63. The molecule has 0 saturated carbocycles. The molecule has 186 valence electrons. The van der Waals surface area contributed by atoms with E-state index in [1.807, 2.05) is 0 Å². The van der Waals surface area contributed by atoms with Crippen molar-refractivity contribution in [2.45, 2.75) is 23.4 Å². The largest absolute Gasteiger partial charge is 0.493 e. The molecule has 0 radical (unpaired) electrons. The van der Waals surface area contributed by atoms with Crippen molar-refractivity contribution in [1.29, 1.82) is 0 Å². The van der Waals surface area contributed by atoms with Gasteiger partial charge in [0, 0.05) is 29.9 Å². The molecule has 1 aliphatic heterocycles. The zero-order valence-electron chi connectivity index (χ0n) is 18.4. The second-order valence-corrected chi connectivity index (χ2v) is 9.74. The van der Waals surface area contributed by atoms with Gasteiger partial charge in [-0.1, -0.05) is 18.2 Å². The van der Waals surface area contributed by atoms with Crippen molar-refractivity contribution in [2.75, 3.05) is 11.3 Å². The number of rotatable bonds is 5. The van der Waals surface area contributed by atoms with Crippen molar-refractivity contribution in [2.24, 2.45) is 0 Å². The topological polar surface area (TPSA) is 86.1 Å². The molecule has 7 nitrogen and oxygen atoms in total. The fourth-order valence-electron chi connectivity index (χ4n) is 4.15. The summed E-state index contributed by atoms with van der Waals surface area (Å²) in [7, 11) is -4.11. The number of sulfonamides is 1. The first-order chi connectivity index (χ1) is 17.1. The molecule has 0 fully saturated rings. The third-order valence-electron chi connectivity index (χ3n) is 5.77. The number of pyridine rings is 1. The van der Waals surface area contributed by atoms with Crippen LogP contribution in [0.5, 0.6) is 5.75 Å². The quantitative estimate of drug-likeness (QED) is 0.292. The first kappa shape index (κ1) is 23.8. The van der Waals surface area contributed by atoms with Crippen molar-refractivity contribution in [3.8, 4) is 11.4 Å². The Kier molecular flexibility index (Phi) is 5.91. The maximum atomic E-state index is 13.4. The standard InChI is InChI=1S/C24H18F4N4O3S/c25-22-3-1-4-23(30-22)31-36(33,34)16-6-8-19-17(9-12-35-21(19)14-16)18-7-5-15(24(26,27)28)13-20(18)32-11-2-10-29-32/h1-8,10-11,13-14,17H,9,12H2,(H,30,31). The van der Waals surface area contributed by atoms with Gasteiger partial charge in [0.1, 0.15) is 11.6 Å². The maximum Gasteiger partial charge on any atom is 0.416 e. The molecule has 0 amide bonds. The van der Waals surface area contributed by atoms with Gasteiger partial charge in [0.05, 0.1) is 22.8 Å². The highest BCUT2D eigenvalue weighted by molar-refractivity contribution is 7.92. The highest BCUT2D eigenvalue weighted by atomic mass is 32.2. The molecule has 1 atom stereocenters. The lowest BCUT2D eigenvalue weighted by Crippen LogP contribution is -2.19. The highest BCUT2D eigenvalue weighted by Gasteiger charge is 2.33. The van der Waals surface area contributed by atoms with E-state index in [4.69, 9.17) is 4.74 Å². The molecule has 0 saturated heterocycles. The molecule has 4 aromatic rings. The van der Waals surface area contributed by atoms with E-state index in [9.17, 15) is 26.0 Å². The van der Waals surface area contributed by atoms with Crippen LogP contribution < -0.4 is 9.46 Å². The van der Waals surface area contributed by atoms with Crippen LogP contribution in [0.3, 0.4) is 0 Å². The van der Waals surface area contributed by atoms with Gasteiger partial charge in [-0.25, -0.2) is 18.1 Å². The fraction of sp³-hybridized carbons (Fsp3) is 0.167. The summed E-state index contributed by atoms with van der Waals surface area (Å²) >= 11 is 0. The summed E-state index contributed by atoms with van der Waals surface area (Å²) in [6, 6.07) is 13.1. The van der Waals surface area contributed by atoms with Crippen LogP contribution in [0.4, 0.5) is 23.4 Å². The smallest absolute Gasteiger partial charge is 0.416 e. The van der Waals surface area contributed by atoms with E-state index in [1.165, 1.54) is 41.2 Å². The van der Waals surface area contributed by atoms with Crippen molar-refractivity contribution in [3.63, 3.8) is 0 Å². The van der Waals surface area contributed by atoms with Crippen LogP contribution in [0.25, 0.3) is 5.69 Å². The monoisotopic (exact) mass is 518 g/mol. The Hall–Kier alpha value is -3.93. The Morgan fingerprint density at radius 2 is 1.83 bits per heavy atom. The van der Waals surface area contributed by atoms with Crippen LogP contribution in [0, 0.1) is 5.95 Å². The lowest BCUT2D eigenvalue weighted by Gasteiger charge is -2.28. The zero-order valence-corrected chi connectivity index (χ0v) is 19.2. The van der Waals surface area contributed by atoms with Gasteiger partial charge in [-0.05, 0) is 48.4 Å². The molecule has 2 aromatic carbocycles. The Bertz CT molecular complexity index is 1520. The number of halogens is 4. The Balaban J connectivity index is 1.53. The lowest BCUT2D eigenvalue weighted by molar-refractivity contribution is -0.137. The van der Waals surface area contributed by atoms with Crippen LogP contribution in [0.2, 0.25) is 0 Å². The van der Waals surface area contributed by atoms with Crippen LogP contribution in [0.15, 0.2) is 78.0 Å². The first-order valence-electron chi connectivity index (χ1n) is 10.7. The summed E-state index contributed by atoms with van der Waals surface area (Å²) in [6.45, 7) is 0.222. The predicted octanol–water partition coefficient (Wildman–Crippen LogP) is 5.14. The fourth-order valence-corrected chi connectivity index (χ4v) is 5.16. The van der Waals surface area contributed by atoms with E-state index < -0.39 is 27.7 Å². The molecular formula is C24H18F4N4O3S. The van der Waals surface area contributed by atoms with Gasteiger partial charge < -0.3 is 4.74 Å². The van der Waals surface area contributed by atoms with E-state index in [2.05, 4.69) is 14.8 Å². The zero-order chi connectivity index (χ0) is 25.5. The minimum absolute atomic E-state index is 0.132. The minimum atomic E-state index is -4.53. The second kappa shape index (κ2) is 8.94. The Labute approximate surface area is 203 Å². The Morgan fingerprint density at radius 1 is 1.03 bits per heavy atom. The molecule has 0 bridgehead atoms. The molecule has 0 spiro atoms. The second-order valence-electron chi connectivity index (χ2n) is 8.06. The molecule has 2 aromatic heterocycles. The number of nitrogens with zero attached hydrogens (tertiary/aromatic N) is 3. The van der Waals surface area contributed by atoms with Crippen molar-refractivity contribution in [1.82, 2.24) is 14.8 Å². The Morgan fingerprint density at radius 3 is 2.56 bits per heavy atom. The summed E-state index contributed by atoms with van der Waals surface area (Å²) in [5, 5.41) is 4.11. The summed E-state index contributed by atoms with van der Waals surface area (Å²) < 4.78 is 88.6. The molecule has 12 heteroatoms. The molecule has 5 rings (SSSR count). The van der Waals surface area contributed by atoms with E-state index in [0.29, 0.717) is 17.5 Å². The molecule has 1 unspecified atom stereocenters. The normalized spacial score (nSPS) is 15.7. The van der Waals surface area contributed by atoms with Crippen LogP contribution in [0.1, 0.15) is 29.0 Å². The van der Waals surface area contributed by atoms with Crippen molar-refractivity contribution < 1.29 is 30.7 Å². The predicted molar refractivity (Wildman–Crippen MR) is 122 cm³/mol. The van der Waals surface area contributed by atoms with Crippen molar-refractivity contribution >= 4 is 15.8 Å². The van der Waals surface area contributed by atoms with Gasteiger partial charge in [-0.3, -0.25) is 4.72 Å². The van der Waals surface area contributed by atoms with Gasteiger partial charge in [0.25, 0.3) is 10.0 Å². The van der Waals surface area contributed by atoms with Gasteiger partial charge >= 0.3 is 6.18 Å². The lowest BCUT2D eigenvalue weighted by atomic mass is 9.85. The average Bonchev–Trinajstić information content (AvgIpc) is 3.37. The number of fused-ring (bicyclic) bond motifs is 1. The van der Waals surface area contributed by atoms with Gasteiger partial charge in [-0.2, -0.15) is 22.7 Å². The number of alkyl halides is 3. The molecular weight excluding hydrogens is 500 g/mol. The molecule has 36 heavy (non-hydrogen) atoms. The molecule has 1 aliphatic rings. The number of nitrogens with one attached hydrogen (secondary N) is 1.